The van der Waals surface area contributed by atoms with Gasteiger partial charge in [-0.1, -0.05) is 44.2 Å². The number of carbonyl (C=O) groups is 2. The van der Waals surface area contributed by atoms with Crippen LogP contribution >= 0.6 is 0 Å². The molecule has 2 amide bonds. The fourth-order valence-electron chi connectivity index (χ4n) is 2.46. The Morgan fingerprint density at radius 1 is 1.22 bits per heavy atom. The lowest BCUT2D eigenvalue weighted by molar-refractivity contribution is -0.124. The van der Waals surface area contributed by atoms with Crippen molar-refractivity contribution in [2.24, 2.45) is 5.92 Å². The monoisotopic (exact) mass is 318 g/mol. The molecule has 1 aromatic rings. The van der Waals surface area contributed by atoms with Crippen LogP contribution in [0.2, 0.25) is 0 Å². The fraction of sp³-hybridized carbons (Fsp3) is 0.556. The van der Waals surface area contributed by atoms with Gasteiger partial charge >= 0.3 is 6.09 Å². The molecule has 1 unspecified atom stereocenters. The topological polar surface area (TPSA) is 67.4 Å². The smallest absolute Gasteiger partial charge is 0.408 e. The molecule has 2 N–H and O–H groups in total. The number of hydrogen-bond acceptors (Lipinski definition) is 3. The van der Waals surface area contributed by atoms with Crippen molar-refractivity contribution in [1.29, 1.82) is 0 Å². The summed E-state index contributed by atoms with van der Waals surface area (Å²) >= 11 is 0. The quantitative estimate of drug-likeness (QED) is 0.812. The summed E-state index contributed by atoms with van der Waals surface area (Å²) in [5.74, 6) is 0.196. The highest BCUT2D eigenvalue weighted by molar-refractivity contribution is 5.85. The number of rotatable bonds is 7. The number of amides is 2. The van der Waals surface area contributed by atoms with Gasteiger partial charge in [0.05, 0.1) is 0 Å². The maximum Gasteiger partial charge on any atom is 0.408 e. The van der Waals surface area contributed by atoms with E-state index in [2.05, 4.69) is 10.6 Å². The Labute approximate surface area is 137 Å². The van der Waals surface area contributed by atoms with Gasteiger partial charge in [-0.15, -0.1) is 0 Å². The number of ether oxygens (including phenoxy) is 1. The zero-order valence-electron chi connectivity index (χ0n) is 13.9. The lowest BCUT2D eigenvalue weighted by Gasteiger charge is -2.29. The fourth-order valence-corrected chi connectivity index (χ4v) is 2.46. The SMILES string of the molecule is CC(C)CC(NC(=O)OCc1ccccc1)C(=O)NC1CCC1. The van der Waals surface area contributed by atoms with E-state index in [1.165, 1.54) is 0 Å². The largest absolute Gasteiger partial charge is 0.445 e. The second-order valence-electron chi connectivity index (χ2n) is 6.52. The zero-order chi connectivity index (χ0) is 16.7. The summed E-state index contributed by atoms with van der Waals surface area (Å²) in [6.07, 6.45) is 3.26. The summed E-state index contributed by atoms with van der Waals surface area (Å²) < 4.78 is 5.21. The average Bonchev–Trinajstić information content (AvgIpc) is 2.48. The Morgan fingerprint density at radius 3 is 2.48 bits per heavy atom. The van der Waals surface area contributed by atoms with Gasteiger partial charge in [0.1, 0.15) is 12.6 Å². The Kier molecular flexibility index (Phi) is 6.44. The second kappa shape index (κ2) is 8.56. The van der Waals surface area contributed by atoms with E-state index in [0.29, 0.717) is 12.3 Å². The maximum absolute atomic E-state index is 12.3. The van der Waals surface area contributed by atoms with E-state index < -0.39 is 12.1 Å². The van der Waals surface area contributed by atoms with E-state index in [9.17, 15) is 9.59 Å². The molecule has 0 spiro atoms. The van der Waals surface area contributed by atoms with Gasteiger partial charge < -0.3 is 15.4 Å². The normalized spacial score (nSPS) is 15.6. The van der Waals surface area contributed by atoms with Crippen molar-refractivity contribution < 1.29 is 14.3 Å². The van der Waals surface area contributed by atoms with Crippen molar-refractivity contribution in [1.82, 2.24) is 10.6 Å². The van der Waals surface area contributed by atoms with Gasteiger partial charge in [0.2, 0.25) is 5.91 Å². The molecular formula is C18H26N2O3. The van der Waals surface area contributed by atoms with Gasteiger partial charge in [-0.05, 0) is 37.2 Å². The molecule has 1 aromatic carbocycles. The number of benzene rings is 1. The minimum atomic E-state index is -0.553. The van der Waals surface area contributed by atoms with Crippen LogP contribution in [0.4, 0.5) is 4.79 Å². The lowest BCUT2D eigenvalue weighted by Crippen LogP contribution is -2.51. The molecular weight excluding hydrogens is 292 g/mol. The molecule has 23 heavy (non-hydrogen) atoms. The molecule has 126 valence electrons. The predicted octanol–water partition coefficient (Wildman–Crippen LogP) is 3.00. The van der Waals surface area contributed by atoms with E-state index in [0.717, 1.165) is 24.8 Å². The summed E-state index contributed by atoms with van der Waals surface area (Å²) in [5.41, 5.74) is 0.918. The number of nitrogens with one attached hydrogen (secondary N) is 2. The highest BCUT2D eigenvalue weighted by Crippen LogP contribution is 2.18. The van der Waals surface area contributed by atoms with Crippen molar-refractivity contribution in [3.8, 4) is 0 Å². The third kappa shape index (κ3) is 5.93. The molecule has 0 aromatic heterocycles. The molecule has 0 bridgehead atoms. The van der Waals surface area contributed by atoms with Gasteiger partial charge in [0.25, 0.3) is 0 Å². The molecule has 1 aliphatic rings. The van der Waals surface area contributed by atoms with Crippen LogP contribution in [-0.2, 0) is 16.1 Å². The van der Waals surface area contributed by atoms with Gasteiger partial charge in [-0.3, -0.25) is 4.79 Å². The molecule has 0 aliphatic heterocycles. The van der Waals surface area contributed by atoms with Crippen LogP contribution in [-0.4, -0.2) is 24.1 Å². The molecule has 1 aliphatic carbocycles. The molecule has 2 rings (SSSR count). The number of carbonyl (C=O) groups excluding carboxylic acids is 2. The third-order valence-corrected chi connectivity index (χ3v) is 3.98. The van der Waals surface area contributed by atoms with Crippen LogP contribution in [0.25, 0.3) is 0 Å². The van der Waals surface area contributed by atoms with E-state index in [1.54, 1.807) is 0 Å². The van der Waals surface area contributed by atoms with Crippen LogP contribution in [0.15, 0.2) is 30.3 Å². The molecule has 1 atom stereocenters. The average molecular weight is 318 g/mol. The third-order valence-electron chi connectivity index (χ3n) is 3.98. The van der Waals surface area contributed by atoms with E-state index in [4.69, 9.17) is 4.74 Å². The maximum atomic E-state index is 12.3. The van der Waals surface area contributed by atoms with Crippen molar-refractivity contribution in [3.63, 3.8) is 0 Å². The van der Waals surface area contributed by atoms with Crippen LogP contribution in [0, 0.1) is 5.92 Å². The lowest BCUT2D eigenvalue weighted by atomic mass is 9.92. The minimum Gasteiger partial charge on any atom is -0.445 e. The molecule has 1 fully saturated rings. The zero-order valence-corrected chi connectivity index (χ0v) is 13.9. The van der Waals surface area contributed by atoms with Crippen LogP contribution in [0.3, 0.4) is 0 Å². The Morgan fingerprint density at radius 2 is 1.91 bits per heavy atom. The first-order valence-electron chi connectivity index (χ1n) is 8.32. The highest BCUT2D eigenvalue weighted by atomic mass is 16.5. The van der Waals surface area contributed by atoms with E-state index in [1.807, 2.05) is 44.2 Å². The Bertz CT molecular complexity index is 512. The van der Waals surface area contributed by atoms with Crippen molar-refractivity contribution in [2.45, 2.75) is 58.2 Å². The summed E-state index contributed by atoms with van der Waals surface area (Å²) in [6.45, 7) is 4.26. The molecule has 5 nitrogen and oxygen atoms in total. The molecule has 0 heterocycles. The standard InChI is InChI=1S/C18H26N2O3/c1-13(2)11-16(17(21)19-15-9-6-10-15)20-18(22)23-12-14-7-4-3-5-8-14/h3-5,7-8,13,15-16H,6,9-12H2,1-2H3,(H,19,21)(H,20,22). The summed E-state index contributed by atoms with van der Waals surface area (Å²) in [5, 5.41) is 5.69. The molecule has 0 saturated heterocycles. The summed E-state index contributed by atoms with van der Waals surface area (Å²) in [6, 6.07) is 9.20. The van der Waals surface area contributed by atoms with Crippen LogP contribution in [0.1, 0.15) is 45.1 Å². The summed E-state index contributed by atoms with van der Waals surface area (Å²) in [7, 11) is 0. The second-order valence-corrected chi connectivity index (χ2v) is 6.52. The van der Waals surface area contributed by atoms with E-state index >= 15 is 0 Å². The van der Waals surface area contributed by atoms with E-state index in [-0.39, 0.29) is 18.6 Å². The molecule has 1 saturated carbocycles. The number of alkyl carbamates (subject to hydrolysis) is 1. The van der Waals surface area contributed by atoms with Crippen LogP contribution in [0.5, 0.6) is 0 Å². The minimum absolute atomic E-state index is 0.111. The first-order chi connectivity index (χ1) is 11.0. The Hall–Kier alpha value is -2.04. The van der Waals surface area contributed by atoms with Gasteiger partial charge in [-0.25, -0.2) is 4.79 Å². The van der Waals surface area contributed by atoms with Crippen molar-refractivity contribution in [2.75, 3.05) is 0 Å². The first-order valence-corrected chi connectivity index (χ1v) is 8.32. The molecule has 5 heteroatoms. The summed E-state index contributed by atoms with van der Waals surface area (Å²) in [4.78, 5) is 24.3. The van der Waals surface area contributed by atoms with Crippen LogP contribution < -0.4 is 10.6 Å². The van der Waals surface area contributed by atoms with Crippen molar-refractivity contribution in [3.05, 3.63) is 35.9 Å². The van der Waals surface area contributed by atoms with Gasteiger partial charge in [0, 0.05) is 6.04 Å². The van der Waals surface area contributed by atoms with Gasteiger partial charge in [-0.2, -0.15) is 0 Å². The highest BCUT2D eigenvalue weighted by Gasteiger charge is 2.26. The van der Waals surface area contributed by atoms with Gasteiger partial charge in [0.15, 0.2) is 0 Å². The first kappa shape index (κ1) is 17.3. The molecule has 0 radical (unpaired) electrons. The Balaban J connectivity index is 1.82. The number of hydrogen-bond donors (Lipinski definition) is 2. The predicted molar refractivity (Wildman–Crippen MR) is 88.8 cm³/mol. The van der Waals surface area contributed by atoms with Crippen molar-refractivity contribution >= 4 is 12.0 Å².